The normalized spacial score (nSPS) is 17.9. The molecular formula is C20H25F3O2. The Balaban J connectivity index is 1.68. The van der Waals surface area contributed by atoms with Gasteiger partial charge in [-0.1, -0.05) is 31.1 Å². The van der Waals surface area contributed by atoms with Gasteiger partial charge in [-0.3, -0.25) is 0 Å². The summed E-state index contributed by atoms with van der Waals surface area (Å²) in [5.74, 6) is 1.39. The van der Waals surface area contributed by atoms with Crippen molar-refractivity contribution in [2.75, 3.05) is 6.61 Å². The van der Waals surface area contributed by atoms with Gasteiger partial charge in [0.05, 0.1) is 6.61 Å². The van der Waals surface area contributed by atoms with Crippen LogP contribution in [0.4, 0.5) is 13.2 Å². The van der Waals surface area contributed by atoms with E-state index in [-0.39, 0.29) is 11.5 Å². The highest BCUT2D eigenvalue weighted by molar-refractivity contribution is 5.50. The predicted octanol–water partition coefficient (Wildman–Crippen LogP) is 5.97. The molecule has 0 amide bonds. The maximum absolute atomic E-state index is 12.8. The summed E-state index contributed by atoms with van der Waals surface area (Å²) < 4.78 is 48.3. The van der Waals surface area contributed by atoms with Crippen LogP contribution in [0.15, 0.2) is 24.3 Å². The average Bonchev–Trinajstić information content (AvgIpc) is 3.42. The Morgan fingerprint density at radius 1 is 1.16 bits per heavy atom. The van der Waals surface area contributed by atoms with Crippen LogP contribution >= 0.6 is 0 Å². The van der Waals surface area contributed by atoms with Gasteiger partial charge in [0.2, 0.25) is 0 Å². The molecule has 5 heteroatoms. The van der Waals surface area contributed by atoms with E-state index in [4.69, 9.17) is 4.74 Å². The molecule has 2 aliphatic carbocycles. The summed E-state index contributed by atoms with van der Waals surface area (Å²) in [6.07, 6.45) is 6.93. The molecule has 0 saturated heterocycles. The molecule has 2 aliphatic rings. The summed E-state index contributed by atoms with van der Waals surface area (Å²) in [4.78, 5) is 0. The van der Waals surface area contributed by atoms with E-state index in [2.05, 4.69) is 16.9 Å². The van der Waals surface area contributed by atoms with E-state index in [1.165, 1.54) is 25.7 Å². The van der Waals surface area contributed by atoms with Crippen molar-refractivity contribution in [1.82, 2.24) is 0 Å². The van der Waals surface area contributed by atoms with Gasteiger partial charge in [0.25, 0.3) is 0 Å². The Morgan fingerprint density at radius 3 is 2.56 bits per heavy atom. The standard InChI is InChI=1S/C20H25F3O2/c1-14-17(5-3-2-4-15-6-7-15)10-11-18(19(14)25-20(21,22)23)24-13-12-16-8-9-16/h2,4,10-11,15-16H,3,5-9,12-13H2,1H3/b4-2+. The van der Waals surface area contributed by atoms with E-state index in [1.807, 2.05) is 6.07 Å². The third kappa shape index (κ3) is 5.98. The van der Waals surface area contributed by atoms with Crippen molar-refractivity contribution in [3.05, 3.63) is 35.4 Å². The first kappa shape index (κ1) is 18.2. The number of hydrogen-bond donors (Lipinski definition) is 0. The smallest absolute Gasteiger partial charge is 0.490 e. The Hall–Kier alpha value is -1.65. The van der Waals surface area contributed by atoms with E-state index < -0.39 is 6.36 Å². The predicted molar refractivity (Wildman–Crippen MR) is 90.9 cm³/mol. The van der Waals surface area contributed by atoms with Crippen LogP contribution in [-0.4, -0.2) is 13.0 Å². The zero-order chi connectivity index (χ0) is 17.9. The maximum atomic E-state index is 12.8. The van der Waals surface area contributed by atoms with Crippen LogP contribution in [-0.2, 0) is 6.42 Å². The van der Waals surface area contributed by atoms with E-state index in [0.29, 0.717) is 30.4 Å². The molecule has 0 aromatic heterocycles. The summed E-state index contributed by atoms with van der Waals surface area (Å²) >= 11 is 0. The Morgan fingerprint density at radius 2 is 1.92 bits per heavy atom. The lowest BCUT2D eigenvalue weighted by molar-refractivity contribution is -0.275. The van der Waals surface area contributed by atoms with Gasteiger partial charge in [0.15, 0.2) is 11.5 Å². The Bertz CT molecular complexity index is 614. The van der Waals surface area contributed by atoms with Gasteiger partial charge in [-0.15, -0.1) is 13.2 Å². The quantitative estimate of drug-likeness (QED) is 0.509. The summed E-state index contributed by atoms with van der Waals surface area (Å²) in [7, 11) is 0. The number of benzene rings is 1. The van der Waals surface area contributed by atoms with E-state index in [1.54, 1.807) is 13.0 Å². The minimum Gasteiger partial charge on any atom is -0.490 e. The second-order valence-electron chi connectivity index (χ2n) is 7.11. The van der Waals surface area contributed by atoms with Crippen LogP contribution in [0.5, 0.6) is 11.5 Å². The summed E-state index contributed by atoms with van der Waals surface area (Å²) in [6, 6.07) is 3.47. The molecule has 1 aromatic rings. The first-order valence-electron chi connectivity index (χ1n) is 9.10. The lowest BCUT2D eigenvalue weighted by Crippen LogP contribution is -2.19. The fourth-order valence-electron chi connectivity index (χ4n) is 2.89. The molecule has 2 saturated carbocycles. The van der Waals surface area contributed by atoms with Gasteiger partial charge in [-0.25, -0.2) is 0 Å². The van der Waals surface area contributed by atoms with Crippen molar-refractivity contribution >= 4 is 0 Å². The molecule has 2 fully saturated rings. The third-order valence-electron chi connectivity index (χ3n) is 4.79. The number of allylic oxidation sites excluding steroid dienone is 2. The highest BCUT2D eigenvalue weighted by atomic mass is 19.4. The number of aryl methyl sites for hydroxylation is 1. The molecule has 0 aliphatic heterocycles. The monoisotopic (exact) mass is 354 g/mol. The largest absolute Gasteiger partial charge is 0.573 e. The van der Waals surface area contributed by atoms with Crippen molar-refractivity contribution in [3.63, 3.8) is 0 Å². The zero-order valence-electron chi connectivity index (χ0n) is 14.6. The van der Waals surface area contributed by atoms with Gasteiger partial charge in [-0.05, 0) is 68.1 Å². The lowest BCUT2D eigenvalue weighted by Gasteiger charge is -2.18. The third-order valence-corrected chi connectivity index (χ3v) is 4.79. The molecule has 2 nitrogen and oxygen atoms in total. The summed E-state index contributed by atoms with van der Waals surface area (Å²) in [5.41, 5.74) is 1.38. The number of ether oxygens (including phenoxy) is 2. The highest BCUT2D eigenvalue weighted by Gasteiger charge is 2.34. The number of hydrogen-bond acceptors (Lipinski definition) is 2. The van der Waals surface area contributed by atoms with Crippen LogP contribution in [0.2, 0.25) is 0 Å². The van der Waals surface area contributed by atoms with Crippen LogP contribution in [0.3, 0.4) is 0 Å². The van der Waals surface area contributed by atoms with Gasteiger partial charge in [0.1, 0.15) is 0 Å². The average molecular weight is 354 g/mol. The van der Waals surface area contributed by atoms with Crippen molar-refractivity contribution < 1.29 is 22.6 Å². The second kappa shape index (κ2) is 7.71. The minimum atomic E-state index is -4.72. The fraction of sp³-hybridized carbons (Fsp3) is 0.600. The molecule has 0 heterocycles. The maximum Gasteiger partial charge on any atom is 0.573 e. The number of alkyl halides is 3. The summed E-state index contributed by atoms with van der Waals surface area (Å²) in [5, 5.41) is 0. The molecule has 0 spiro atoms. The first-order chi connectivity index (χ1) is 11.9. The van der Waals surface area contributed by atoms with Crippen LogP contribution < -0.4 is 9.47 Å². The first-order valence-corrected chi connectivity index (χ1v) is 9.10. The van der Waals surface area contributed by atoms with Gasteiger partial charge < -0.3 is 9.47 Å². The number of halogens is 3. The van der Waals surface area contributed by atoms with Gasteiger partial charge in [0, 0.05) is 0 Å². The Labute approximate surface area is 147 Å². The molecule has 0 unspecified atom stereocenters. The topological polar surface area (TPSA) is 18.5 Å². The molecule has 1 aromatic carbocycles. The molecule has 0 bridgehead atoms. The molecule has 138 valence electrons. The minimum absolute atomic E-state index is 0.188. The molecule has 0 atom stereocenters. The van der Waals surface area contributed by atoms with Crippen molar-refractivity contribution in [2.24, 2.45) is 11.8 Å². The summed E-state index contributed by atoms with van der Waals surface area (Å²) in [6.45, 7) is 2.11. The second-order valence-corrected chi connectivity index (χ2v) is 7.11. The van der Waals surface area contributed by atoms with E-state index in [0.717, 1.165) is 18.4 Å². The molecule has 3 rings (SSSR count). The molecule has 25 heavy (non-hydrogen) atoms. The van der Waals surface area contributed by atoms with E-state index in [9.17, 15) is 13.2 Å². The van der Waals surface area contributed by atoms with Crippen molar-refractivity contribution in [1.29, 1.82) is 0 Å². The lowest BCUT2D eigenvalue weighted by atomic mass is 10.0. The number of rotatable bonds is 9. The van der Waals surface area contributed by atoms with Gasteiger partial charge in [-0.2, -0.15) is 0 Å². The Kier molecular flexibility index (Phi) is 5.60. The van der Waals surface area contributed by atoms with Crippen LogP contribution in [0.1, 0.15) is 49.7 Å². The fourth-order valence-corrected chi connectivity index (χ4v) is 2.89. The zero-order valence-corrected chi connectivity index (χ0v) is 14.6. The molecular weight excluding hydrogens is 329 g/mol. The van der Waals surface area contributed by atoms with Crippen molar-refractivity contribution in [3.8, 4) is 11.5 Å². The van der Waals surface area contributed by atoms with Crippen LogP contribution in [0, 0.1) is 18.8 Å². The van der Waals surface area contributed by atoms with Gasteiger partial charge >= 0.3 is 6.36 Å². The SMILES string of the molecule is Cc1c(CC/C=C/C2CC2)ccc(OCCC2CC2)c1OC(F)(F)F. The van der Waals surface area contributed by atoms with Crippen LogP contribution in [0.25, 0.3) is 0 Å². The molecule has 0 N–H and O–H groups in total. The molecule has 0 radical (unpaired) electrons. The highest BCUT2D eigenvalue weighted by Crippen LogP contribution is 2.39. The van der Waals surface area contributed by atoms with Crippen molar-refractivity contribution in [2.45, 2.75) is 58.2 Å². The van der Waals surface area contributed by atoms with E-state index >= 15 is 0 Å².